The predicted octanol–water partition coefficient (Wildman–Crippen LogP) is 9.19. The Morgan fingerprint density at radius 2 is 1.00 bits per heavy atom. The van der Waals surface area contributed by atoms with Crippen LogP contribution in [0.5, 0.6) is 0 Å². The van der Waals surface area contributed by atoms with E-state index in [9.17, 15) is 4.79 Å². The van der Waals surface area contributed by atoms with Gasteiger partial charge in [0.25, 0.3) is 0 Å². The normalized spacial score (nSPS) is 11.2. The van der Waals surface area contributed by atoms with E-state index in [2.05, 4.69) is 16.9 Å². The van der Waals surface area contributed by atoms with Crippen LogP contribution < -0.4 is 0 Å². The number of rotatable bonds is 23. The van der Waals surface area contributed by atoms with Crippen LogP contribution in [0.3, 0.4) is 0 Å². The Labute approximate surface area is 187 Å². The van der Waals surface area contributed by atoms with Gasteiger partial charge in [-0.15, -0.1) is 0 Å². The lowest BCUT2D eigenvalue weighted by Gasteiger charge is -2.04. The van der Waals surface area contributed by atoms with Crippen LogP contribution in [0.15, 0.2) is 12.4 Å². The molecule has 1 aromatic rings. The van der Waals surface area contributed by atoms with Crippen molar-refractivity contribution in [3.8, 4) is 0 Å². The maximum Gasteiger partial charge on any atom is 0.198 e. The molecule has 0 bridgehead atoms. The van der Waals surface area contributed by atoms with Crippen molar-refractivity contribution in [1.82, 2.24) is 9.97 Å². The molecule has 3 heteroatoms. The minimum absolute atomic E-state index is 0.151. The summed E-state index contributed by atoms with van der Waals surface area (Å²) in [5, 5.41) is 0. The summed E-state index contributed by atoms with van der Waals surface area (Å²) < 4.78 is 0. The molecule has 1 N–H and O–H groups in total. The summed E-state index contributed by atoms with van der Waals surface area (Å²) in [4.78, 5) is 18.7. The number of aromatic amines is 1. The fourth-order valence-corrected chi connectivity index (χ4v) is 4.25. The number of carbonyl (C=O) groups is 1. The van der Waals surface area contributed by atoms with Gasteiger partial charge in [0.1, 0.15) is 0 Å². The number of nitrogens with one attached hydrogen (secondary N) is 1. The van der Waals surface area contributed by atoms with Crippen LogP contribution in [-0.4, -0.2) is 15.8 Å². The Bertz CT molecular complexity index is 469. The molecule has 0 atom stereocenters. The van der Waals surface area contributed by atoms with Gasteiger partial charge in [0.2, 0.25) is 0 Å². The first kappa shape index (κ1) is 26.9. The van der Waals surface area contributed by atoms with Gasteiger partial charge in [0, 0.05) is 18.8 Å². The lowest BCUT2D eigenvalue weighted by atomic mass is 10.0. The van der Waals surface area contributed by atoms with Crippen LogP contribution in [0, 0.1) is 0 Å². The summed E-state index contributed by atoms with van der Waals surface area (Å²) in [6, 6.07) is 0. The van der Waals surface area contributed by atoms with E-state index in [1.165, 1.54) is 128 Å². The van der Waals surface area contributed by atoms with Crippen molar-refractivity contribution in [2.24, 2.45) is 0 Å². The zero-order chi connectivity index (χ0) is 21.5. The van der Waals surface area contributed by atoms with Crippen molar-refractivity contribution in [1.29, 1.82) is 0 Å². The number of imidazole rings is 1. The highest BCUT2D eigenvalue weighted by atomic mass is 16.1. The standard InChI is InChI=1S/C27H50N2O/c1-2-3-4-5-6-7-8-9-10-11-12-13-14-15-16-17-18-19-20-21-22-23-26(30)27-28-24-25-29-27/h24-25H,2-23H2,1H3,(H,28,29). The molecule has 0 amide bonds. The minimum Gasteiger partial charge on any atom is -0.342 e. The van der Waals surface area contributed by atoms with Gasteiger partial charge < -0.3 is 4.98 Å². The summed E-state index contributed by atoms with van der Waals surface area (Å²) in [5.41, 5.74) is 0. The minimum atomic E-state index is 0.151. The lowest BCUT2D eigenvalue weighted by molar-refractivity contribution is 0.0970. The molecule has 174 valence electrons. The van der Waals surface area contributed by atoms with Gasteiger partial charge in [-0.2, -0.15) is 0 Å². The summed E-state index contributed by atoms with van der Waals surface area (Å²) >= 11 is 0. The number of aromatic nitrogens is 2. The topological polar surface area (TPSA) is 45.8 Å². The predicted molar refractivity (Wildman–Crippen MR) is 130 cm³/mol. The van der Waals surface area contributed by atoms with E-state index in [1.807, 2.05) is 0 Å². The van der Waals surface area contributed by atoms with E-state index in [0.29, 0.717) is 12.2 Å². The first-order valence-electron chi connectivity index (χ1n) is 13.4. The Morgan fingerprint density at radius 3 is 1.33 bits per heavy atom. The maximum atomic E-state index is 11.8. The van der Waals surface area contributed by atoms with Crippen LogP contribution in [-0.2, 0) is 0 Å². The first-order chi connectivity index (χ1) is 14.8. The molecular formula is C27H50N2O. The zero-order valence-corrected chi connectivity index (χ0v) is 20.1. The van der Waals surface area contributed by atoms with E-state index in [4.69, 9.17) is 0 Å². The van der Waals surface area contributed by atoms with Crippen molar-refractivity contribution >= 4 is 5.78 Å². The second-order valence-corrected chi connectivity index (χ2v) is 9.18. The van der Waals surface area contributed by atoms with Crippen molar-refractivity contribution in [3.05, 3.63) is 18.2 Å². The number of ketones is 1. The number of H-pyrrole nitrogens is 1. The van der Waals surface area contributed by atoms with Crippen molar-refractivity contribution in [2.45, 2.75) is 148 Å². The summed E-state index contributed by atoms with van der Waals surface area (Å²) in [6.07, 6.45) is 33.2. The fourth-order valence-electron chi connectivity index (χ4n) is 4.25. The van der Waals surface area contributed by atoms with E-state index in [1.54, 1.807) is 12.4 Å². The summed E-state index contributed by atoms with van der Waals surface area (Å²) in [7, 11) is 0. The molecule has 0 aliphatic rings. The number of Topliss-reactive ketones (excluding diaryl/α,β-unsaturated/α-hetero) is 1. The molecule has 1 rings (SSSR count). The summed E-state index contributed by atoms with van der Waals surface area (Å²) in [6.45, 7) is 2.29. The monoisotopic (exact) mass is 418 g/mol. The molecule has 0 unspecified atom stereocenters. The number of nitrogens with zero attached hydrogens (tertiary/aromatic N) is 1. The Balaban J connectivity index is 1.68. The van der Waals surface area contributed by atoms with Crippen molar-refractivity contribution in [3.63, 3.8) is 0 Å². The van der Waals surface area contributed by atoms with Gasteiger partial charge in [-0.1, -0.05) is 135 Å². The third-order valence-electron chi connectivity index (χ3n) is 6.27. The highest BCUT2D eigenvalue weighted by molar-refractivity contribution is 5.92. The Hall–Kier alpha value is -1.12. The average molecular weight is 419 g/mol. The van der Waals surface area contributed by atoms with Gasteiger partial charge in [-0.3, -0.25) is 4.79 Å². The van der Waals surface area contributed by atoms with Crippen LogP contribution in [0.2, 0.25) is 0 Å². The Morgan fingerprint density at radius 1 is 0.633 bits per heavy atom. The van der Waals surface area contributed by atoms with E-state index in [0.717, 1.165) is 6.42 Å². The van der Waals surface area contributed by atoms with Gasteiger partial charge in [-0.25, -0.2) is 4.98 Å². The van der Waals surface area contributed by atoms with Crippen molar-refractivity contribution < 1.29 is 4.79 Å². The number of unbranched alkanes of at least 4 members (excludes halogenated alkanes) is 20. The number of hydrogen-bond donors (Lipinski definition) is 1. The highest BCUT2D eigenvalue weighted by Gasteiger charge is 2.06. The molecule has 30 heavy (non-hydrogen) atoms. The molecule has 0 saturated heterocycles. The van der Waals surface area contributed by atoms with Crippen LogP contribution in [0.4, 0.5) is 0 Å². The highest BCUT2D eigenvalue weighted by Crippen LogP contribution is 2.15. The SMILES string of the molecule is CCCCCCCCCCCCCCCCCCCCCCCC(=O)c1ncc[nH]1. The molecule has 0 radical (unpaired) electrons. The second-order valence-electron chi connectivity index (χ2n) is 9.18. The molecule has 0 fully saturated rings. The van der Waals surface area contributed by atoms with Gasteiger partial charge in [0.15, 0.2) is 11.6 Å². The van der Waals surface area contributed by atoms with Crippen LogP contribution >= 0.6 is 0 Å². The maximum absolute atomic E-state index is 11.8. The Kier molecular flexibility index (Phi) is 19.0. The fraction of sp³-hybridized carbons (Fsp3) is 0.852. The quantitative estimate of drug-likeness (QED) is 0.142. The lowest BCUT2D eigenvalue weighted by Crippen LogP contribution is -2.01. The van der Waals surface area contributed by atoms with Gasteiger partial charge >= 0.3 is 0 Å². The molecule has 0 aromatic carbocycles. The third kappa shape index (κ3) is 16.7. The van der Waals surface area contributed by atoms with Gasteiger partial charge in [0.05, 0.1) is 0 Å². The molecule has 0 aliphatic carbocycles. The van der Waals surface area contributed by atoms with Crippen molar-refractivity contribution in [2.75, 3.05) is 0 Å². The number of carbonyl (C=O) groups excluding carboxylic acids is 1. The zero-order valence-electron chi connectivity index (χ0n) is 20.1. The van der Waals surface area contributed by atoms with E-state index in [-0.39, 0.29) is 5.78 Å². The first-order valence-corrected chi connectivity index (χ1v) is 13.4. The van der Waals surface area contributed by atoms with Crippen LogP contribution in [0.25, 0.3) is 0 Å². The van der Waals surface area contributed by atoms with E-state index >= 15 is 0 Å². The summed E-state index contributed by atoms with van der Waals surface area (Å²) in [5.74, 6) is 0.668. The molecule has 1 heterocycles. The second kappa shape index (κ2) is 21.1. The van der Waals surface area contributed by atoms with Crippen LogP contribution in [0.1, 0.15) is 159 Å². The molecule has 3 nitrogen and oxygen atoms in total. The van der Waals surface area contributed by atoms with E-state index < -0.39 is 0 Å². The van der Waals surface area contributed by atoms with Gasteiger partial charge in [-0.05, 0) is 6.42 Å². The molecular weight excluding hydrogens is 368 g/mol. The molecule has 0 saturated carbocycles. The largest absolute Gasteiger partial charge is 0.342 e. The smallest absolute Gasteiger partial charge is 0.198 e. The molecule has 0 spiro atoms. The molecule has 1 aromatic heterocycles. The number of hydrogen-bond acceptors (Lipinski definition) is 2. The average Bonchev–Trinajstić information content (AvgIpc) is 3.30. The molecule has 0 aliphatic heterocycles. The third-order valence-corrected chi connectivity index (χ3v) is 6.27.